The van der Waals surface area contributed by atoms with Gasteiger partial charge in [-0.05, 0) is 30.4 Å². The SMILES string of the molecule is O=C(O)CCNC(=O)c1ncc2c(cc(-c3ccccc3)c(=O)n2CC2CCOCC2)c1O. The number of amides is 1. The average Bonchev–Trinajstić information content (AvgIpc) is 2.82. The van der Waals surface area contributed by atoms with Gasteiger partial charge in [0, 0.05) is 37.3 Å². The van der Waals surface area contributed by atoms with E-state index in [0.717, 1.165) is 12.8 Å². The maximum absolute atomic E-state index is 13.5. The highest BCUT2D eigenvalue weighted by Crippen LogP contribution is 2.30. The number of nitrogens with one attached hydrogen (secondary N) is 1. The molecule has 0 atom stereocenters. The molecule has 172 valence electrons. The molecule has 33 heavy (non-hydrogen) atoms. The molecule has 1 aromatic carbocycles. The number of fused-ring (bicyclic) bond motifs is 1. The largest absolute Gasteiger partial charge is 0.505 e. The van der Waals surface area contributed by atoms with E-state index < -0.39 is 11.9 Å². The normalized spacial score (nSPS) is 14.3. The molecule has 0 bridgehead atoms. The molecule has 2 aromatic heterocycles. The zero-order valence-electron chi connectivity index (χ0n) is 18.0. The van der Waals surface area contributed by atoms with Crippen molar-refractivity contribution in [3.8, 4) is 16.9 Å². The molecule has 1 saturated heterocycles. The van der Waals surface area contributed by atoms with Crippen LogP contribution in [0.25, 0.3) is 22.0 Å². The van der Waals surface area contributed by atoms with Crippen LogP contribution in [0, 0.1) is 5.92 Å². The number of hydrogen-bond donors (Lipinski definition) is 3. The number of ether oxygens (including phenoxy) is 1. The van der Waals surface area contributed by atoms with Gasteiger partial charge in [-0.3, -0.25) is 14.4 Å². The van der Waals surface area contributed by atoms with E-state index in [1.165, 1.54) is 6.20 Å². The number of rotatable bonds is 7. The van der Waals surface area contributed by atoms with E-state index in [-0.39, 0.29) is 35.9 Å². The predicted molar refractivity (Wildman–Crippen MR) is 121 cm³/mol. The van der Waals surface area contributed by atoms with Gasteiger partial charge >= 0.3 is 5.97 Å². The van der Waals surface area contributed by atoms with Crippen molar-refractivity contribution in [2.24, 2.45) is 5.92 Å². The molecule has 1 fully saturated rings. The number of hydrogen-bond acceptors (Lipinski definition) is 6. The molecule has 3 aromatic rings. The quantitative estimate of drug-likeness (QED) is 0.503. The number of aromatic hydroxyl groups is 1. The summed E-state index contributed by atoms with van der Waals surface area (Å²) in [7, 11) is 0. The number of pyridine rings is 2. The van der Waals surface area contributed by atoms with E-state index in [0.29, 0.717) is 41.8 Å². The number of aliphatic carboxylic acids is 1. The highest BCUT2D eigenvalue weighted by Gasteiger charge is 2.22. The summed E-state index contributed by atoms with van der Waals surface area (Å²) < 4.78 is 7.05. The summed E-state index contributed by atoms with van der Waals surface area (Å²) in [5, 5.41) is 22.5. The van der Waals surface area contributed by atoms with Crippen LogP contribution in [-0.2, 0) is 16.1 Å². The van der Waals surface area contributed by atoms with Crippen LogP contribution >= 0.6 is 0 Å². The number of carbonyl (C=O) groups is 2. The molecule has 0 aliphatic carbocycles. The molecule has 0 radical (unpaired) electrons. The lowest BCUT2D eigenvalue weighted by Crippen LogP contribution is -2.29. The maximum atomic E-state index is 13.5. The number of aromatic nitrogens is 2. The minimum atomic E-state index is -1.05. The van der Waals surface area contributed by atoms with Crippen LogP contribution in [0.5, 0.6) is 5.75 Å². The summed E-state index contributed by atoms with van der Waals surface area (Å²) in [6.07, 6.45) is 2.82. The van der Waals surface area contributed by atoms with Crippen LogP contribution in [0.1, 0.15) is 29.8 Å². The monoisotopic (exact) mass is 451 g/mol. The Hall–Kier alpha value is -3.72. The fraction of sp³-hybridized carbons (Fsp3) is 0.333. The van der Waals surface area contributed by atoms with E-state index in [9.17, 15) is 19.5 Å². The molecular formula is C24H25N3O6. The lowest BCUT2D eigenvalue weighted by Gasteiger charge is -2.24. The Balaban J connectivity index is 1.81. The Kier molecular flexibility index (Phi) is 6.69. The molecule has 3 N–H and O–H groups in total. The molecule has 9 heteroatoms. The Morgan fingerprint density at radius 3 is 2.61 bits per heavy atom. The minimum absolute atomic E-state index is 0.0914. The van der Waals surface area contributed by atoms with Gasteiger partial charge in [-0.2, -0.15) is 0 Å². The molecule has 0 spiro atoms. The summed E-state index contributed by atoms with van der Waals surface area (Å²) in [5.74, 6) is -1.83. The van der Waals surface area contributed by atoms with Gasteiger partial charge in [-0.15, -0.1) is 0 Å². The van der Waals surface area contributed by atoms with Crippen molar-refractivity contribution < 1.29 is 24.5 Å². The Morgan fingerprint density at radius 1 is 1.18 bits per heavy atom. The topological polar surface area (TPSA) is 131 Å². The summed E-state index contributed by atoms with van der Waals surface area (Å²) in [6.45, 7) is 1.64. The van der Waals surface area contributed by atoms with Crippen LogP contribution in [-0.4, -0.2) is 51.4 Å². The van der Waals surface area contributed by atoms with Crippen LogP contribution in [0.15, 0.2) is 47.4 Å². The van der Waals surface area contributed by atoms with Crippen molar-refractivity contribution in [3.05, 3.63) is 58.6 Å². The van der Waals surface area contributed by atoms with Gasteiger partial charge in [0.25, 0.3) is 11.5 Å². The standard InChI is InChI=1S/C24H25N3O6/c28-20(29)6-9-25-23(31)21-22(30)18-12-17(16-4-2-1-3-5-16)24(32)27(19(18)13-26-21)14-15-7-10-33-11-8-15/h1-5,12-13,15,30H,6-11,14H2,(H,25,31)(H,28,29). The molecule has 4 rings (SSSR count). The summed E-state index contributed by atoms with van der Waals surface area (Å²) in [4.78, 5) is 40.8. The lowest BCUT2D eigenvalue weighted by molar-refractivity contribution is -0.136. The molecule has 1 aliphatic heterocycles. The molecule has 0 unspecified atom stereocenters. The van der Waals surface area contributed by atoms with Gasteiger partial charge in [-0.1, -0.05) is 30.3 Å². The summed E-state index contributed by atoms with van der Waals surface area (Å²) in [5.41, 5.74) is 1.14. The van der Waals surface area contributed by atoms with E-state index in [1.807, 2.05) is 30.3 Å². The van der Waals surface area contributed by atoms with E-state index in [2.05, 4.69) is 10.3 Å². The highest BCUT2D eigenvalue weighted by molar-refractivity contribution is 6.01. The first kappa shape index (κ1) is 22.5. The number of carbonyl (C=O) groups excluding carboxylic acids is 1. The van der Waals surface area contributed by atoms with E-state index in [4.69, 9.17) is 9.84 Å². The van der Waals surface area contributed by atoms with E-state index in [1.54, 1.807) is 10.6 Å². The fourth-order valence-corrected chi connectivity index (χ4v) is 4.05. The number of nitrogens with zero attached hydrogens (tertiary/aromatic N) is 2. The van der Waals surface area contributed by atoms with Crippen LogP contribution in [0.3, 0.4) is 0 Å². The first-order valence-electron chi connectivity index (χ1n) is 10.8. The fourth-order valence-electron chi connectivity index (χ4n) is 4.05. The Labute approximate surface area is 189 Å². The smallest absolute Gasteiger partial charge is 0.305 e. The number of benzene rings is 1. The second-order valence-electron chi connectivity index (χ2n) is 8.05. The van der Waals surface area contributed by atoms with Crippen molar-refractivity contribution in [3.63, 3.8) is 0 Å². The minimum Gasteiger partial charge on any atom is -0.505 e. The van der Waals surface area contributed by atoms with Crippen molar-refractivity contribution in [2.75, 3.05) is 19.8 Å². The third-order valence-electron chi connectivity index (χ3n) is 5.83. The van der Waals surface area contributed by atoms with E-state index >= 15 is 0 Å². The Morgan fingerprint density at radius 2 is 1.91 bits per heavy atom. The van der Waals surface area contributed by atoms with Crippen molar-refractivity contribution >= 4 is 22.8 Å². The van der Waals surface area contributed by atoms with Crippen LogP contribution in [0.4, 0.5) is 0 Å². The zero-order chi connectivity index (χ0) is 23.4. The van der Waals surface area contributed by atoms with Gasteiger partial charge in [0.15, 0.2) is 11.4 Å². The molecular weight excluding hydrogens is 426 g/mol. The van der Waals surface area contributed by atoms with Crippen LogP contribution in [0.2, 0.25) is 0 Å². The first-order valence-corrected chi connectivity index (χ1v) is 10.8. The highest BCUT2D eigenvalue weighted by atomic mass is 16.5. The average molecular weight is 451 g/mol. The predicted octanol–water partition coefficient (Wildman–Crippen LogP) is 2.40. The van der Waals surface area contributed by atoms with Gasteiger partial charge in [-0.25, -0.2) is 4.98 Å². The summed E-state index contributed by atoms with van der Waals surface area (Å²) >= 11 is 0. The molecule has 0 saturated carbocycles. The number of carboxylic acid groups (broad SMARTS) is 1. The zero-order valence-corrected chi connectivity index (χ0v) is 18.0. The third-order valence-corrected chi connectivity index (χ3v) is 5.83. The van der Waals surface area contributed by atoms with Gasteiger partial charge < -0.3 is 24.8 Å². The first-order chi connectivity index (χ1) is 16.0. The van der Waals surface area contributed by atoms with Gasteiger partial charge in [0.1, 0.15) is 0 Å². The second kappa shape index (κ2) is 9.83. The maximum Gasteiger partial charge on any atom is 0.305 e. The van der Waals surface area contributed by atoms with Crippen molar-refractivity contribution in [1.82, 2.24) is 14.9 Å². The molecule has 9 nitrogen and oxygen atoms in total. The molecule has 1 aliphatic rings. The van der Waals surface area contributed by atoms with Crippen molar-refractivity contribution in [2.45, 2.75) is 25.8 Å². The van der Waals surface area contributed by atoms with Gasteiger partial charge in [0.05, 0.1) is 18.1 Å². The lowest BCUT2D eigenvalue weighted by atomic mass is 9.99. The number of carboxylic acids is 1. The third kappa shape index (κ3) is 4.88. The molecule has 1 amide bonds. The molecule has 3 heterocycles. The Bertz CT molecular complexity index is 1230. The van der Waals surface area contributed by atoms with Crippen LogP contribution < -0.4 is 10.9 Å². The van der Waals surface area contributed by atoms with Gasteiger partial charge in [0.2, 0.25) is 0 Å². The second-order valence-corrected chi connectivity index (χ2v) is 8.05. The van der Waals surface area contributed by atoms with Crippen molar-refractivity contribution in [1.29, 1.82) is 0 Å². The summed E-state index contributed by atoms with van der Waals surface area (Å²) in [6, 6.07) is 10.7.